The number of aliphatic hydroxyl groups is 1. The zero-order valence-electron chi connectivity index (χ0n) is 39.6. The average molecular weight is 1010 g/mol. The number of hydrogen-bond donors (Lipinski definition) is 4. The zero-order valence-corrected chi connectivity index (χ0v) is 42.0. The van der Waals surface area contributed by atoms with Crippen molar-refractivity contribution in [1.82, 2.24) is 9.47 Å². The van der Waals surface area contributed by atoms with Crippen molar-refractivity contribution in [2.45, 2.75) is 61.9 Å². The molecule has 0 aliphatic carbocycles. The average Bonchev–Trinajstić information content (AvgIpc) is 3.69. The molecule has 0 saturated carbocycles. The molecular formula is C53H60ClN7O7S2. The number of sulfonamides is 1. The van der Waals surface area contributed by atoms with Gasteiger partial charge in [-0.2, -0.15) is 0 Å². The Balaban J connectivity index is 0.924. The minimum atomic E-state index is -4.20. The second-order valence-corrected chi connectivity index (χ2v) is 21.5. The molecule has 2 aliphatic heterocycles. The van der Waals surface area contributed by atoms with Crippen molar-refractivity contribution >= 4 is 67.8 Å². The maximum absolute atomic E-state index is 13.7. The number of aromatic carboxylic acids is 1. The third-order valence-corrected chi connectivity index (χ3v) is 16.2. The van der Waals surface area contributed by atoms with Crippen LogP contribution >= 0.6 is 23.4 Å². The number of benzene rings is 5. The van der Waals surface area contributed by atoms with E-state index in [1.165, 1.54) is 12.1 Å². The van der Waals surface area contributed by atoms with Gasteiger partial charge in [0.15, 0.2) is 0 Å². The SMILES string of the molecule is Cc1c(C(=O)O)c(-c2cccc(N3CCN(c4ccc(NS(=O)(=O)c5ccc(N[C@H](CCN6CCC(CO)CC6)CSc6ccccc6)c([N+](=O)[O-])c5)cc4)CC3)c2)c(-c2ccc(Cl)cc2)n1C(C)C. The zero-order chi connectivity index (χ0) is 49.5. The molecule has 368 valence electrons. The highest BCUT2D eigenvalue weighted by Gasteiger charge is 2.30. The number of likely N-dealkylation sites (tertiary alicyclic amines) is 1. The molecule has 3 heterocycles. The van der Waals surface area contributed by atoms with Gasteiger partial charge in [-0.3, -0.25) is 14.8 Å². The molecule has 6 aromatic rings. The van der Waals surface area contributed by atoms with Crippen molar-refractivity contribution in [3.63, 3.8) is 0 Å². The first kappa shape index (κ1) is 50.4. The highest BCUT2D eigenvalue weighted by Crippen LogP contribution is 2.43. The molecule has 8 rings (SSSR count). The number of anilines is 4. The Hall–Kier alpha value is -6.04. The largest absolute Gasteiger partial charge is 0.478 e. The number of carboxylic acid groups (broad SMARTS) is 1. The minimum absolute atomic E-state index is 0.00431. The molecule has 0 radical (unpaired) electrons. The summed E-state index contributed by atoms with van der Waals surface area (Å²) < 4.78 is 32.2. The Kier molecular flexibility index (Phi) is 16.1. The molecule has 0 amide bonds. The van der Waals surface area contributed by atoms with Gasteiger partial charge in [0, 0.05) is 101 Å². The van der Waals surface area contributed by atoms with Crippen LogP contribution in [0.5, 0.6) is 0 Å². The molecule has 2 aliphatic rings. The molecule has 1 atom stereocenters. The number of halogens is 1. The van der Waals surface area contributed by atoms with Gasteiger partial charge in [-0.1, -0.05) is 54.1 Å². The molecule has 0 bridgehead atoms. The van der Waals surface area contributed by atoms with E-state index in [-0.39, 0.29) is 40.5 Å². The molecular weight excluding hydrogens is 946 g/mol. The lowest BCUT2D eigenvalue weighted by Gasteiger charge is -2.37. The Morgan fingerprint density at radius 3 is 2.14 bits per heavy atom. The van der Waals surface area contributed by atoms with Crippen molar-refractivity contribution in [1.29, 1.82) is 0 Å². The summed E-state index contributed by atoms with van der Waals surface area (Å²) in [5.41, 5.74) is 6.30. The Bertz CT molecular complexity index is 2880. The number of nitro groups is 1. The molecule has 70 heavy (non-hydrogen) atoms. The van der Waals surface area contributed by atoms with Gasteiger partial charge in [0.05, 0.1) is 21.1 Å². The summed E-state index contributed by atoms with van der Waals surface area (Å²) >= 11 is 7.92. The smallest absolute Gasteiger partial charge is 0.338 e. The maximum atomic E-state index is 13.7. The Morgan fingerprint density at radius 2 is 1.51 bits per heavy atom. The van der Waals surface area contributed by atoms with E-state index >= 15 is 0 Å². The van der Waals surface area contributed by atoms with E-state index < -0.39 is 20.9 Å². The van der Waals surface area contributed by atoms with Gasteiger partial charge in [0.25, 0.3) is 15.7 Å². The van der Waals surface area contributed by atoms with E-state index in [0.29, 0.717) is 59.8 Å². The molecule has 4 N–H and O–H groups in total. The normalized spacial score (nSPS) is 15.3. The molecule has 1 aromatic heterocycles. The number of piperazine rings is 1. The first-order chi connectivity index (χ1) is 33.7. The van der Waals surface area contributed by atoms with E-state index in [1.807, 2.05) is 106 Å². The van der Waals surface area contributed by atoms with Gasteiger partial charge in [-0.15, -0.1) is 11.8 Å². The van der Waals surface area contributed by atoms with E-state index in [1.54, 1.807) is 23.9 Å². The number of hydrogen-bond acceptors (Lipinski definition) is 11. The number of thioether (sulfide) groups is 1. The number of aliphatic hydroxyl groups excluding tert-OH is 1. The molecule has 5 aromatic carbocycles. The number of nitrogens with zero attached hydrogens (tertiary/aromatic N) is 5. The van der Waals surface area contributed by atoms with Gasteiger partial charge >= 0.3 is 5.97 Å². The van der Waals surface area contributed by atoms with Crippen LogP contribution in [0.3, 0.4) is 0 Å². The Morgan fingerprint density at radius 1 is 0.843 bits per heavy atom. The number of nitrogens with one attached hydrogen (secondary N) is 2. The topological polar surface area (TPSA) is 174 Å². The summed E-state index contributed by atoms with van der Waals surface area (Å²) in [6.07, 6.45) is 2.60. The molecule has 0 unspecified atom stereocenters. The molecule has 2 saturated heterocycles. The van der Waals surface area contributed by atoms with Crippen LogP contribution in [0.1, 0.15) is 55.2 Å². The van der Waals surface area contributed by atoms with Crippen LogP contribution in [0, 0.1) is 23.0 Å². The predicted molar refractivity (Wildman–Crippen MR) is 283 cm³/mol. The number of carbonyl (C=O) groups is 1. The third kappa shape index (κ3) is 11.8. The maximum Gasteiger partial charge on any atom is 0.338 e. The van der Waals surface area contributed by atoms with Gasteiger partial charge in [0.2, 0.25) is 0 Å². The summed E-state index contributed by atoms with van der Waals surface area (Å²) in [7, 11) is -4.20. The number of rotatable bonds is 19. The van der Waals surface area contributed by atoms with Gasteiger partial charge in [-0.05, 0) is 143 Å². The van der Waals surface area contributed by atoms with Crippen LogP contribution in [0.2, 0.25) is 5.02 Å². The van der Waals surface area contributed by atoms with Crippen molar-refractivity contribution in [3.8, 4) is 22.4 Å². The monoisotopic (exact) mass is 1010 g/mol. The fourth-order valence-electron chi connectivity index (χ4n) is 9.64. The van der Waals surface area contributed by atoms with Gasteiger partial charge in [-0.25, -0.2) is 13.2 Å². The van der Waals surface area contributed by atoms with Crippen LogP contribution in [-0.4, -0.2) is 103 Å². The third-order valence-electron chi connectivity index (χ3n) is 13.4. The Labute approximate surface area is 419 Å². The van der Waals surface area contributed by atoms with Crippen molar-refractivity contribution < 1.29 is 28.3 Å². The highest BCUT2D eigenvalue weighted by atomic mass is 35.5. The highest BCUT2D eigenvalue weighted by molar-refractivity contribution is 7.99. The predicted octanol–water partition coefficient (Wildman–Crippen LogP) is 10.8. The van der Waals surface area contributed by atoms with Crippen molar-refractivity contribution in [3.05, 3.63) is 148 Å². The first-order valence-corrected chi connectivity index (χ1v) is 26.6. The fourth-order valence-corrected chi connectivity index (χ4v) is 11.8. The molecule has 14 nitrogen and oxygen atoms in total. The number of carboxylic acids is 1. The van der Waals surface area contributed by atoms with Crippen LogP contribution in [-0.2, 0) is 10.0 Å². The lowest BCUT2D eigenvalue weighted by atomic mass is 9.96. The summed E-state index contributed by atoms with van der Waals surface area (Å²) in [5, 5.41) is 36.6. The van der Waals surface area contributed by atoms with E-state index in [9.17, 15) is 33.5 Å². The van der Waals surface area contributed by atoms with E-state index in [2.05, 4.69) is 35.4 Å². The van der Waals surface area contributed by atoms with Gasteiger partial charge < -0.3 is 34.8 Å². The molecule has 0 spiro atoms. The van der Waals surface area contributed by atoms with Crippen LogP contribution in [0.4, 0.5) is 28.4 Å². The quantitative estimate of drug-likeness (QED) is 0.0344. The lowest BCUT2D eigenvalue weighted by Crippen LogP contribution is -2.46. The summed E-state index contributed by atoms with van der Waals surface area (Å²) in [5.74, 6) is -0.0119. The lowest BCUT2D eigenvalue weighted by molar-refractivity contribution is -0.384. The first-order valence-electron chi connectivity index (χ1n) is 23.7. The van der Waals surface area contributed by atoms with Crippen molar-refractivity contribution in [2.75, 3.05) is 78.0 Å². The number of piperidine rings is 1. The number of nitro benzene ring substituents is 1. The van der Waals surface area contributed by atoms with Crippen molar-refractivity contribution in [2.24, 2.45) is 5.92 Å². The van der Waals surface area contributed by atoms with Gasteiger partial charge in [0.1, 0.15) is 5.69 Å². The van der Waals surface area contributed by atoms with Crippen LogP contribution < -0.4 is 19.8 Å². The summed E-state index contributed by atoms with van der Waals surface area (Å²) in [4.78, 5) is 32.5. The van der Waals surface area contributed by atoms with E-state index in [0.717, 1.165) is 78.1 Å². The molecule has 2 fully saturated rings. The molecule has 17 heteroatoms. The second-order valence-electron chi connectivity index (χ2n) is 18.3. The van der Waals surface area contributed by atoms with Crippen LogP contribution in [0.15, 0.2) is 131 Å². The fraction of sp³-hybridized carbons (Fsp3) is 0.340. The standard InChI is InChI=1S/C53H60ClN7O7S2/c1-36(2)60-37(3)50(53(63)64)51(52(60)39-12-14-41(54)15-13-39)40-8-7-9-45(32-40)59-30-28-58(29-31-59)44-18-16-42(17-19-44)56-70(67,68)47-20-21-48(49(33-47)61(65)66)55-43(35-69-46-10-5-4-6-11-46)24-27-57-25-22-38(34-62)23-26-57/h4-21,32-33,36,38,43,55-56,62H,22-31,34-35H2,1-3H3,(H,63,64)/t43-/m1/s1. The van der Waals surface area contributed by atoms with Crippen LogP contribution in [0.25, 0.3) is 22.4 Å². The summed E-state index contributed by atoms with van der Waals surface area (Å²) in [6.45, 7) is 11.5. The minimum Gasteiger partial charge on any atom is -0.478 e. The van der Waals surface area contributed by atoms with E-state index in [4.69, 9.17) is 11.6 Å². The summed E-state index contributed by atoms with van der Waals surface area (Å²) in [6, 6.07) is 36.5. The second kappa shape index (κ2) is 22.4. The number of aromatic nitrogens is 1.